The van der Waals surface area contributed by atoms with Crippen LogP contribution < -0.4 is 0 Å². The molecule has 1 aromatic heterocycles. The fraction of sp³-hybridized carbons (Fsp3) is 0.0909. The molecule has 0 nitrogen and oxygen atoms in total. The quantitative estimate of drug-likeness (QED) is 0.665. The zero-order valence-corrected chi connectivity index (χ0v) is 8.99. The van der Waals surface area contributed by atoms with E-state index in [9.17, 15) is 0 Å². The molecule has 66 valence electrons. The molecule has 0 amide bonds. The maximum atomic E-state index is 2.21. The zero-order valence-electron chi connectivity index (χ0n) is 7.36. The van der Waals surface area contributed by atoms with Crippen LogP contribution in [0.15, 0.2) is 46.0 Å². The van der Waals surface area contributed by atoms with Crippen molar-refractivity contribution in [3.05, 3.63) is 41.1 Å². The van der Waals surface area contributed by atoms with Crippen LogP contribution in [0.3, 0.4) is 0 Å². The van der Waals surface area contributed by atoms with Gasteiger partial charge >= 0.3 is 0 Å². The molecule has 0 saturated carbocycles. The van der Waals surface area contributed by atoms with Crippen molar-refractivity contribution in [1.82, 2.24) is 0 Å². The molecule has 0 atom stereocenters. The first kappa shape index (κ1) is 8.85. The van der Waals surface area contributed by atoms with E-state index in [0.29, 0.717) is 0 Å². The summed E-state index contributed by atoms with van der Waals surface area (Å²) in [5, 5.41) is 4.41. The molecule has 2 rings (SSSR count). The molecule has 1 aromatic carbocycles. The minimum absolute atomic E-state index is 1.31. The van der Waals surface area contributed by atoms with Gasteiger partial charge in [-0.15, -0.1) is 11.8 Å². The summed E-state index contributed by atoms with van der Waals surface area (Å²) in [4.78, 5) is 1.37. The summed E-state index contributed by atoms with van der Waals surface area (Å²) in [7, 11) is 0. The van der Waals surface area contributed by atoms with E-state index in [1.807, 2.05) is 11.8 Å². The SMILES string of the molecule is CSc1cscc1-c1ccccc1. The molecule has 2 aromatic rings. The number of benzene rings is 1. The van der Waals surface area contributed by atoms with Crippen LogP contribution in [-0.4, -0.2) is 6.26 Å². The van der Waals surface area contributed by atoms with Crippen LogP contribution in [0.4, 0.5) is 0 Å². The standard InChI is InChI=1S/C11H10S2/c1-12-11-8-13-7-10(11)9-5-3-2-4-6-9/h2-8H,1H3. The van der Waals surface area contributed by atoms with Gasteiger partial charge in [0.1, 0.15) is 0 Å². The van der Waals surface area contributed by atoms with Gasteiger partial charge in [0.15, 0.2) is 0 Å². The van der Waals surface area contributed by atoms with Gasteiger partial charge in [-0.1, -0.05) is 30.3 Å². The Balaban J connectivity index is 2.47. The lowest BCUT2D eigenvalue weighted by Crippen LogP contribution is -1.74. The lowest BCUT2D eigenvalue weighted by Gasteiger charge is -2.00. The molecule has 0 N–H and O–H groups in total. The summed E-state index contributed by atoms with van der Waals surface area (Å²) >= 11 is 3.57. The minimum atomic E-state index is 1.31. The highest BCUT2D eigenvalue weighted by Crippen LogP contribution is 2.32. The van der Waals surface area contributed by atoms with Crippen LogP contribution in [0.5, 0.6) is 0 Å². The number of hydrogen-bond acceptors (Lipinski definition) is 2. The van der Waals surface area contributed by atoms with Crippen molar-refractivity contribution in [3.63, 3.8) is 0 Å². The van der Waals surface area contributed by atoms with E-state index >= 15 is 0 Å². The van der Waals surface area contributed by atoms with Gasteiger partial charge in [-0.2, -0.15) is 11.3 Å². The first-order valence-corrected chi connectivity index (χ1v) is 6.24. The van der Waals surface area contributed by atoms with Gasteiger partial charge in [-0.25, -0.2) is 0 Å². The normalized spacial score (nSPS) is 10.2. The molecular weight excluding hydrogens is 196 g/mol. The van der Waals surface area contributed by atoms with Gasteiger partial charge < -0.3 is 0 Å². The number of rotatable bonds is 2. The Morgan fingerprint density at radius 3 is 2.54 bits per heavy atom. The van der Waals surface area contributed by atoms with Crippen molar-refractivity contribution in [2.24, 2.45) is 0 Å². The molecule has 0 aliphatic heterocycles. The molecule has 0 aliphatic rings. The molecular formula is C11H10S2. The van der Waals surface area contributed by atoms with Crippen molar-refractivity contribution in [3.8, 4) is 11.1 Å². The van der Waals surface area contributed by atoms with Crippen LogP contribution in [-0.2, 0) is 0 Å². The highest BCUT2D eigenvalue weighted by molar-refractivity contribution is 7.98. The van der Waals surface area contributed by atoms with E-state index in [4.69, 9.17) is 0 Å². The fourth-order valence-electron chi connectivity index (χ4n) is 1.27. The van der Waals surface area contributed by atoms with E-state index in [1.54, 1.807) is 11.3 Å². The minimum Gasteiger partial charge on any atom is -0.151 e. The molecule has 0 fully saturated rings. The third-order valence-electron chi connectivity index (χ3n) is 1.93. The lowest BCUT2D eigenvalue weighted by atomic mass is 10.1. The Hall–Kier alpha value is -0.730. The summed E-state index contributed by atoms with van der Waals surface area (Å²) in [6.07, 6.45) is 2.12. The monoisotopic (exact) mass is 206 g/mol. The van der Waals surface area contributed by atoms with E-state index < -0.39 is 0 Å². The van der Waals surface area contributed by atoms with E-state index in [0.717, 1.165) is 0 Å². The number of hydrogen-bond donors (Lipinski definition) is 0. The first-order valence-electron chi connectivity index (χ1n) is 4.07. The second-order valence-electron chi connectivity index (χ2n) is 2.72. The molecule has 2 heteroatoms. The smallest absolute Gasteiger partial charge is 0.0255 e. The molecule has 0 aliphatic carbocycles. The largest absolute Gasteiger partial charge is 0.151 e. The molecule has 0 bridgehead atoms. The van der Waals surface area contributed by atoms with Gasteiger partial charge in [0.2, 0.25) is 0 Å². The predicted octanol–water partition coefficient (Wildman–Crippen LogP) is 4.14. The summed E-state index contributed by atoms with van der Waals surface area (Å²) in [5.74, 6) is 0. The van der Waals surface area contributed by atoms with Crippen LogP contribution in [0.2, 0.25) is 0 Å². The van der Waals surface area contributed by atoms with Crippen molar-refractivity contribution in [2.75, 3.05) is 6.26 Å². The van der Waals surface area contributed by atoms with Crippen molar-refractivity contribution in [2.45, 2.75) is 4.90 Å². The van der Waals surface area contributed by atoms with E-state index in [-0.39, 0.29) is 0 Å². The molecule has 0 spiro atoms. The van der Waals surface area contributed by atoms with Crippen molar-refractivity contribution in [1.29, 1.82) is 0 Å². The third kappa shape index (κ3) is 1.79. The average Bonchev–Trinajstić information content (AvgIpc) is 2.67. The summed E-state index contributed by atoms with van der Waals surface area (Å²) in [6, 6.07) is 10.5. The Morgan fingerprint density at radius 2 is 1.85 bits per heavy atom. The predicted molar refractivity (Wildman–Crippen MR) is 61.5 cm³/mol. The Kier molecular flexibility index (Phi) is 2.71. The fourth-order valence-corrected chi connectivity index (χ4v) is 3.01. The van der Waals surface area contributed by atoms with Crippen molar-refractivity contribution < 1.29 is 0 Å². The second-order valence-corrected chi connectivity index (χ2v) is 4.31. The van der Waals surface area contributed by atoms with Gasteiger partial charge in [0.05, 0.1) is 0 Å². The highest BCUT2D eigenvalue weighted by atomic mass is 32.2. The van der Waals surface area contributed by atoms with Gasteiger partial charge in [-0.3, -0.25) is 0 Å². The molecule has 0 saturated heterocycles. The van der Waals surface area contributed by atoms with Gasteiger partial charge in [-0.05, 0) is 17.2 Å². The average molecular weight is 206 g/mol. The van der Waals surface area contributed by atoms with Gasteiger partial charge in [0.25, 0.3) is 0 Å². The molecule has 13 heavy (non-hydrogen) atoms. The van der Waals surface area contributed by atoms with Crippen LogP contribution in [0.25, 0.3) is 11.1 Å². The maximum Gasteiger partial charge on any atom is 0.0255 e. The van der Waals surface area contributed by atoms with Crippen LogP contribution >= 0.6 is 23.1 Å². The zero-order chi connectivity index (χ0) is 9.10. The number of thioether (sulfide) groups is 1. The summed E-state index contributed by atoms with van der Waals surface area (Å²) in [6.45, 7) is 0. The van der Waals surface area contributed by atoms with E-state index in [1.165, 1.54) is 16.0 Å². The van der Waals surface area contributed by atoms with E-state index in [2.05, 4.69) is 47.3 Å². The second kappa shape index (κ2) is 3.99. The van der Waals surface area contributed by atoms with Gasteiger partial charge in [0, 0.05) is 15.8 Å². The summed E-state index contributed by atoms with van der Waals surface area (Å²) in [5.41, 5.74) is 2.67. The Labute approximate surface area is 86.6 Å². The highest BCUT2D eigenvalue weighted by Gasteiger charge is 2.03. The summed E-state index contributed by atoms with van der Waals surface area (Å²) < 4.78 is 0. The number of thiophene rings is 1. The third-order valence-corrected chi connectivity index (χ3v) is 3.60. The molecule has 0 radical (unpaired) electrons. The van der Waals surface area contributed by atoms with Crippen LogP contribution in [0.1, 0.15) is 0 Å². The van der Waals surface area contributed by atoms with Crippen LogP contribution in [0, 0.1) is 0 Å². The first-order chi connectivity index (χ1) is 6.42. The lowest BCUT2D eigenvalue weighted by molar-refractivity contribution is 1.55. The molecule has 1 heterocycles. The maximum absolute atomic E-state index is 2.21. The molecule has 0 unspecified atom stereocenters. The topological polar surface area (TPSA) is 0 Å². The Morgan fingerprint density at radius 1 is 1.08 bits per heavy atom. The Bertz CT molecular complexity index is 376. The van der Waals surface area contributed by atoms with Crippen molar-refractivity contribution >= 4 is 23.1 Å².